The minimum absolute atomic E-state index is 0.0725. The summed E-state index contributed by atoms with van der Waals surface area (Å²) in [5.41, 5.74) is 2.02. The first kappa shape index (κ1) is 14.1. The molecule has 0 unspecified atom stereocenters. The van der Waals surface area contributed by atoms with Crippen LogP contribution >= 0.6 is 11.6 Å². The number of hydrogen-bond acceptors (Lipinski definition) is 2. The van der Waals surface area contributed by atoms with Crippen LogP contribution in [0.5, 0.6) is 0 Å². The van der Waals surface area contributed by atoms with Gasteiger partial charge in [-0.1, -0.05) is 29.3 Å². The summed E-state index contributed by atoms with van der Waals surface area (Å²) >= 11 is 5.95. The first-order chi connectivity index (χ1) is 9.47. The molecule has 0 radical (unpaired) electrons. The highest BCUT2D eigenvalue weighted by atomic mass is 35.5. The molecule has 0 fully saturated rings. The van der Waals surface area contributed by atoms with E-state index in [1.807, 2.05) is 19.1 Å². The minimum Gasteiger partial charge on any atom is -0.478 e. The van der Waals surface area contributed by atoms with Gasteiger partial charge in [0.25, 0.3) is 5.91 Å². The number of anilines is 1. The molecule has 0 aliphatic carbocycles. The van der Waals surface area contributed by atoms with Crippen molar-refractivity contribution in [2.45, 2.75) is 6.92 Å². The van der Waals surface area contributed by atoms with Crippen LogP contribution in [0.15, 0.2) is 42.5 Å². The van der Waals surface area contributed by atoms with Crippen molar-refractivity contribution in [2.24, 2.45) is 0 Å². The second-order valence-corrected chi connectivity index (χ2v) is 4.73. The second-order valence-electron chi connectivity index (χ2n) is 4.32. The molecule has 0 aromatic heterocycles. The van der Waals surface area contributed by atoms with Crippen LogP contribution in [0.2, 0.25) is 5.02 Å². The lowest BCUT2D eigenvalue weighted by molar-refractivity contribution is 0.0696. The molecule has 4 nitrogen and oxygen atoms in total. The molecule has 0 aliphatic rings. The zero-order valence-corrected chi connectivity index (χ0v) is 11.4. The predicted octanol–water partition coefficient (Wildman–Crippen LogP) is 3.60. The molecule has 2 N–H and O–H groups in total. The topological polar surface area (TPSA) is 66.4 Å². The number of aromatic carboxylic acids is 1. The van der Waals surface area contributed by atoms with Crippen LogP contribution < -0.4 is 5.32 Å². The maximum absolute atomic E-state index is 12.0. The van der Waals surface area contributed by atoms with Crippen LogP contribution in [0.3, 0.4) is 0 Å². The third kappa shape index (κ3) is 3.16. The Balaban J connectivity index is 2.19. The van der Waals surface area contributed by atoms with Crippen molar-refractivity contribution in [3.05, 3.63) is 64.2 Å². The smallest absolute Gasteiger partial charge is 0.335 e. The van der Waals surface area contributed by atoms with Gasteiger partial charge in [0, 0.05) is 5.56 Å². The average Bonchev–Trinajstić information content (AvgIpc) is 2.41. The number of carboxylic acids is 1. The number of aryl methyl sites for hydroxylation is 1. The molecule has 0 heterocycles. The van der Waals surface area contributed by atoms with Crippen molar-refractivity contribution < 1.29 is 14.7 Å². The Kier molecular flexibility index (Phi) is 4.05. The van der Waals surface area contributed by atoms with E-state index < -0.39 is 5.97 Å². The van der Waals surface area contributed by atoms with Crippen LogP contribution in [0.4, 0.5) is 5.69 Å². The highest BCUT2D eigenvalue weighted by molar-refractivity contribution is 6.34. The van der Waals surface area contributed by atoms with Crippen LogP contribution in [-0.2, 0) is 0 Å². The van der Waals surface area contributed by atoms with E-state index in [1.54, 1.807) is 12.1 Å². The van der Waals surface area contributed by atoms with Gasteiger partial charge < -0.3 is 10.4 Å². The van der Waals surface area contributed by atoms with Gasteiger partial charge >= 0.3 is 5.97 Å². The van der Waals surface area contributed by atoms with Gasteiger partial charge in [-0.3, -0.25) is 4.79 Å². The molecule has 0 atom stereocenters. The number of carbonyl (C=O) groups is 2. The lowest BCUT2D eigenvalue weighted by atomic mass is 10.1. The summed E-state index contributed by atoms with van der Waals surface area (Å²) < 4.78 is 0. The molecule has 2 rings (SSSR count). The number of rotatable bonds is 3. The van der Waals surface area contributed by atoms with E-state index in [-0.39, 0.29) is 16.5 Å². The van der Waals surface area contributed by atoms with Gasteiger partial charge in [-0.05, 0) is 37.3 Å². The summed E-state index contributed by atoms with van der Waals surface area (Å²) in [5, 5.41) is 11.7. The highest BCUT2D eigenvalue weighted by Gasteiger charge is 2.10. The van der Waals surface area contributed by atoms with Crippen molar-refractivity contribution in [1.82, 2.24) is 0 Å². The van der Waals surface area contributed by atoms with Gasteiger partial charge in [0.05, 0.1) is 16.3 Å². The summed E-state index contributed by atoms with van der Waals surface area (Å²) in [6, 6.07) is 11.3. The van der Waals surface area contributed by atoms with Crippen LogP contribution in [0.25, 0.3) is 0 Å². The third-order valence-corrected chi connectivity index (χ3v) is 3.09. The van der Waals surface area contributed by atoms with Crippen molar-refractivity contribution >= 4 is 29.2 Å². The van der Waals surface area contributed by atoms with Gasteiger partial charge in [-0.2, -0.15) is 0 Å². The lowest BCUT2D eigenvalue weighted by Gasteiger charge is -2.08. The summed E-state index contributed by atoms with van der Waals surface area (Å²) in [5.74, 6) is -1.36. The molecule has 20 heavy (non-hydrogen) atoms. The van der Waals surface area contributed by atoms with Crippen molar-refractivity contribution in [2.75, 3.05) is 5.32 Å². The second kappa shape index (κ2) is 5.75. The Morgan fingerprint density at radius 1 is 1.05 bits per heavy atom. The summed E-state index contributed by atoms with van der Waals surface area (Å²) in [4.78, 5) is 22.8. The maximum Gasteiger partial charge on any atom is 0.335 e. The van der Waals surface area contributed by atoms with Crippen molar-refractivity contribution in [3.8, 4) is 0 Å². The maximum atomic E-state index is 12.0. The SMILES string of the molecule is Cc1ccc(C(=O)Nc2ccc(C(=O)O)cc2Cl)cc1. The van der Waals surface area contributed by atoms with E-state index in [2.05, 4.69) is 5.32 Å². The largest absolute Gasteiger partial charge is 0.478 e. The zero-order chi connectivity index (χ0) is 14.7. The average molecular weight is 290 g/mol. The van der Waals surface area contributed by atoms with Crippen molar-refractivity contribution in [1.29, 1.82) is 0 Å². The number of halogens is 1. The van der Waals surface area contributed by atoms with Gasteiger partial charge in [0.2, 0.25) is 0 Å². The van der Waals surface area contributed by atoms with E-state index in [9.17, 15) is 9.59 Å². The van der Waals surface area contributed by atoms with Gasteiger partial charge in [0.1, 0.15) is 0 Å². The molecule has 0 saturated carbocycles. The Bertz CT molecular complexity index is 665. The minimum atomic E-state index is -1.07. The number of carboxylic acid groups (broad SMARTS) is 1. The summed E-state index contributed by atoms with van der Waals surface area (Å²) in [6.45, 7) is 1.93. The fourth-order valence-electron chi connectivity index (χ4n) is 1.65. The van der Waals surface area contributed by atoms with E-state index in [4.69, 9.17) is 16.7 Å². The third-order valence-electron chi connectivity index (χ3n) is 2.78. The number of hydrogen-bond donors (Lipinski definition) is 2. The molecule has 5 heteroatoms. The highest BCUT2D eigenvalue weighted by Crippen LogP contribution is 2.23. The van der Waals surface area contributed by atoms with Gasteiger partial charge in [0.15, 0.2) is 0 Å². The van der Waals surface area contributed by atoms with Crippen molar-refractivity contribution in [3.63, 3.8) is 0 Å². The molecular formula is C15H12ClNO3. The van der Waals surface area contributed by atoms with E-state index in [0.717, 1.165) is 5.56 Å². The standard InChI is InChI=1S/C15H12ClNO3/c1-9-2-4-10(5-3-9)14(18)17-13-7-6-11(15(19)20)8-12(13)16/h2-8H,1H3,(H,17,18)(H,19,20). The Morgan fingerprint density at radius 2 is 1.65 bits per heavy atom. The Labute approximate surface area is 121 Å². The quantitative estimate of drug-likeness (QED) is 0.907. The zero-order valence-electron chi connectivity index (χ0n) is 10.7. The molecule has 2 aromatic carbocycles. The summed E-state index contributed by atoms with van der Waals surface area (Å²) in [7, 11) is 0. The molecule has 2 aromatic rings. The van der Waals surface area contributed by atoms with Gasteiger partial charge in [-0.25, -0.2) is 4.79 Å². The summed E-state index contributed by atoms with van der Waals surface area (Å²) in [6.07, 6.45) is 0. The van der Waals surface area contributed by atoms with E-state index in [0.29, 0.717) is 11.3 Å². The molecule has 0 spiro atoms. The number of benzene rings is 2. The molecular weight excluding hydrogens is 278 g/mol. The fraction of sp³-hybridized carbons (Fsp3) is 0.0667. The molecule has 1 amide bonds. The normalized spacial score (nSPS) is 10.1. The molecule has 102 valence electrons. The number of carbonyl (C=O) groups excluding carboxylic acids is 1. The molecule has 0 aliphatic heterocycles. The predicted molar refractivity (Wildman–Crippen MR) is 77.5 cm³/mol. The monoisotopic (exact) mass is 289 g/mol. The van der Waals surface area contributed by atoms with E-state index >= 15 is 0 Å². The number of nitrogens with one attached hydrogen (secondary N) is 1. The van der Waals surface area contributed by atoms with E-state index in [1.165, 1.54) is 18.2 Å². The van der Waals surface area contributed by atoms with Crippen LogP contribution in [0, 0.1) is 6.92 Å². The van der Waals surface area contributed by atoms with Crippen LogP contribution in [-0.4, -0.2) is 17.0 Å². The fourth-order valence-corrected chi connectivity index (χ4v) is 1.88. The Hall–Kier alpha value is -2.33. The molecule has 0 bridgehead atoms. The first-order valence-corrected chi connectivity index (χ1v) is 6.26. The van der Waals surface area contributed by atoms with Crippen LogP contribution in [0.1, 0.15) is 26.3 Å². The molecule has 0 saturated heterocycles. The Morgan fingerprint density at radius 3 is 2.20 bits per heavy atom. The first-order valence-electron chi connectivity index (χ1n) is 5.88. The lowest BCUT2D eigenvalue weighted by Crippen LogP contribution is -2.12. The van der Waals surface area contributed by atoms with Gasteiger partial charge in [-0.15, -0.1) is 0 Å². The number of amides is 1.